The average Bonchev–Trinajstić information content (AvgIpc) is 2.42. The van der Waals surface area contributed by atoms with E-state index < -0.39 is 11.9 Å². The van der Waals surface area contributed by atoms with E-state index in [2.05, 4.69) is 6.58 Å². The molecule has 0 bridgehead atoms. The van der Waals surface area contributed by atoms with E-state index in [0.717, 1.165) is 0 Å². The number of nitrogens with zero attached hydrogens (tertiary/aromatic N) is 3. The molecule has 0 aromatic heterocycles. The van der Waals surface area contributed by atoms with Gasteiger partial charge in [-0.05, 0) is 0 Å². The maximum Gasteiger partial charge on any atom is 0.317 e. The van der Waals surface area contributed by atoms with Crippen molar-refractivity contribution in [2.45, 2.75) is 0 Å². The molecular weight excluding hydrogens is 278 g/mol. The summed E-state index contributed by atoms with van der Waals surface area (Å²) < 4.78 is 0. The minimum absolute atomic E-state index is 0.0452. The first-order valence-electron chi connectivity index (χ1n) is 6.84. The summed E-state index contributed by atoms with van der Waals surface area (Å²) >= 11 is 0. The van der Waals surface area contributed by atoms with Gasteiger partial charge >= 0.3 is 11.9 Å². The number of hydrogen-bond donors (Lipinski definition) is 3. The SMILES string of the molecule is C=C(O)CN1CCN(CC(=O)O)CCN(CC(=O)O)CC1. The van der Waals surface area contributed by atoms with Crippen LogP contribution in [0.1, 0.15) is 0 Å². The Hall–Kier alpha value is -1.64. The zero-order valence-electron chi connectivity index (χ0n) is 12.1. The Labute approximate surface area is 123 Å². The number of aliphatic hydroxyl groups is 1. The summed E-state index contributed by atoms with van der Waals surface area (Å²) in [4.78, 5) is 27.2. The molecule has 0 spiro atoms. The molecule has 1 saturated heterocycles. The van der Waals surface area contributed by atoms with Gasteiger partial charge in [-0.2, -0.15) is 0 Å². The van der Waals surface area contributed by atoms with Crippen molar-refractivity contribution in [2.24, 2.45) is 0 Å². The second-order valence-corrected chi connectivity index (χ2v) is 5.18. The Balaban J connectivity index is 2.68. The fourth-order valence-electron chi connectivity index (χ4n) is 2.30. The van der Waals surface area contributed by atoms with Crippen molar-refractivity contribution in [3.8, 4) is 0 Å². The van der Waals surface area contributed by atoms with Crippen molar-refractivity contribution in [1.29, 1.82) is 0 Å². The molecule has 0 amide bonds. The Morgan fingerprint density at radius 3 is 1.24 bits per heavy atom. The van der Waals surface area contributed by atoms with Crippen LogP contribution in [-0.4, -0.2) is 101 Å². The van der Waals surface area contributed by atoms with Crippen LogP contribution in [0.15, 0.2) is 12.3 Å². The van der Waals surface area contributed by atoms with Crippen LogP contribution in [0.25, 0.3) is 0 Å². The lowest BCUT2D eigenvalue weighted by Gasteiger charge is -2.24. The Bertz CT molecular complexity index is 319. The van der Waals surface area contributed by atoms with Crippen molar-refractivity contribution < 1.29 is 24.9 Å². The Morgan fingerprint density at radius 2 is 1.00 bits per heavy atom. The highest BCUT2D eigenvalue weighted by atomic mass is 16.4. The topological polar surface area (TPSA) is 105 Å². The van der Waals surface area contributed by atoms with Crippen LogP contribution in [0.2, 0.25) is 0 Å². The highest BCUT2D eigenvalue weighted by Gasteiger charge is 2.19. The van der Waals surface area contributed by atoms with Gasteiger partial charge in [0.25, 0.3) is 0 Å². The third-order valence-corrected chi connectivity index (χ3v) is 3.32. The molecule has 0 saturated carbocycles. The van der Waals surface area contributed by atoms with Crippen molar-refractivity contribution in [3.63, 3.8) is 0 Å². The van der Waals surface area contributed by atoms with Crippen molar-refractivity contribution in [1.82, 2.24) is 14.7 Å². The summed E-state index contributed by atoms with van der Waals surface area (Å²) in [5.74, 6) is -1.77. The molecular formula is C13H23N3O5. The largest absolute Gasteiger partial charge is 0.512 e. The van der Waals surface area contributed by atoms with Gasteiger partial charge < -0.3 is 15.3 Å². The molecule has 21 heavy (non-hydrogen) atoms. The van der Waals surface area contributed by atoms with Gasteiger partial charge in [0.05, 0.1) is 25.4 Å². The standard InChI is InChI=1S/C13H23N3O5/c1-11(17)8-14-2-4-15(9-12(18)19)6-7-16(5-3-14)10-13(20)21/h17H,1-10H2,(H,18,19)(H,20,21). The van der Waals surface area contributed by atoms with E-state index in [0.29, 0.717) is 45.8 Å². The third kappa shape index (κ3) is 7.64. The molecule has 0 aromatic rings. The molecule has 8 heteroatoms. The quantitative estimate of drug-likeness (QED) is 0.545. The first kappa shape index (κ1) is 17.4. The molecule has 0 aromatic carbocycles. The fourth-order valence-corrected chi connectivity index (χ4v) is 2.30. The predicted octanol–water partition coefficient (Wildman–Crippen LogP) is -0.853. The molecule has 120 valence electrons. The van der Waals surface area contributed by atoms with E-state index in [-0.39, 0.29) is 18.8 Å². The van der Waals surface area contributed by atoms with Gasteiger partial charge in [-0.3, -0.25) is 24.3 Å². The van der Waals surface area contributed by atoms with Crippen LogP contribution < -0.4 is 0 Å². The summed E-state index contributed by atoms with van der Waals surface area (Å²) in [7, 11) is 0. The summed E-state index contributed by atoms with van der Waals surface area (Å²) in [5, 5.41) is 27.1. The van der Waals surface area contributed by atoms with Crippen molar-refractivity contribution in [3.05, 3.63) is 12.3 Å². The first-order chi connectivity index (χ1) is 9.86. The number of aliphatic carboxylic acids is 2. The van der Waals surface area contributed by atoms with Crippen molar-refractivity contribution in [2.75, 3.05) is 58.9 Å². The highest BCUT2D eigenvalue weighted by molar-refractivity contribution is 5.69. The van der Waals surface area contributed by atoms with E-state index >= 15 is 0 Å². The molecule has 1 aliphatic rings. The van der Waals surface area contributed by atoms with Gasteiger partial charge in [0.1, 0.15) is 0 Å². The fraction of sp³-hybridized carbons (Fsp3) is 0.692. The average molecular weight is 301 g/mol. The molecule has 1 aliphatic heterocycles. The normalized spacial score (nSPS) is 19.4. The Morgan fingerprint density at radius 1 is 0.714 bits per heavy atom. The van der Waals surface area contributed by atoms with Gasteiger partial charge in [-0.15, -0.1) is 0 Å². The summed E-state index contributed by atoms with van der Waals surface area (Å²) in [6.07, 6.45) is 0. The van der Waals surface area contributed by atoms with Crippen LogP contribution in [0.5, 0.6) is 0 Å². The highest BCUT2D eigenvalue weighted by Crippen LogP contribution is 2.02. The van der Waals surface area contributed by atoms with E-state index in [1.165, 1.54) is 0 Å². The van der Waals surface area contributed by atoms with Crippen molar-refractivity contribution >= 4 is 11.9 Å². The van der Waals surface area contributed by atoms with Gasteiger partial charge in [0, 0.05) is 39.3 Å². The number of aliphatic hydroxyl groups excluding tert-OH is 1. The zero-order valence-corrected chi connectivity index (χ0v) is 12.1. The number of hydrogen-bond acceptors (Lipinski definition) is 6. The predicted molar refractivity (Wildman–Crippen MR) is 76.4 cm³/mol. The maximum atomic E-state index is 10.9. The summed E-state index contributed by atoms with van der Waals surface area (Å²) in [6.45, 7) is 6.96. The second kappa shape index (κ2) is 8.60. The van der Waals surface area contributed by atoms with Gasteiger partial charge in [-0.25, -0.2) is 0 Å². The lowest BCUT2D eigenvalue weighted by Crippen LogP contribution is -2.40. The monoisotopic (exact) mass is 301 g/mol. The maximum absolute atomic E-state index is 10.9. The smallest absolute Gasteiger partial charge is 0.317 e. The molecule has 0 aliphatic carbocycles. The number of carbonyl (C=O) groups is 2. The van der Waals surface area contributed by atoms with Crippen LogP contribution in [0, 0.1) is 0 Å². The first-order valence-corrected chi connectivity index (χ1v) is 6.84. The van der Waals surface area contributed by atoms with Crippen LogP contribution in [0.3, 0.4) is 0 Å². The molecule has 1 rings (SSSR count). The molecule has 8 nitrogen and oxygen atoms in total. The lowest BCUT2D eigenvalue weighted by atomic mass is 10.4. The summed E-state index contributed by atoms with van der Waals surface area (Å²) in [6, 6.07) is 0. The van der Waals surface area contributed by atoms with Gasteiger partial charge in [0.15, 0.2) is 0 Å². The van der Waals surface area contributed by atoms with E-state index in [1.54, 1.807) is 9.80 Å². The van der Waals surface area contributed by atoms with E-state index in [1.807, 2.05) is 4.90 Å². The minimum atomic E-state index is -0.905. The number of carboxylic acids is 2. The summed E-state index contributed by atoms with van der Waals surface area (Å²) in [5.41, 5.74) is 0. The molecule has 1 fully saturated rings. The van der Waals surface area contributed by atoms with Crippen LogP contribution in [0.4, 0.5) is 0 Å². The van der Waals surface area contributed by atoms with Crippen LogP contribution in [-0.2, 0) is 9.59 Å². The van der Waals surface area contributed by atoms with Crippen LogP contribution >= 0.6 is 0 Å². The minimum Gasteiger partial charge on any atom is -0.512 e. The molecule has 3 N–H and O–H groups in total. The molecule has 0 unspecified atom stereocenters. The van der Waals surface area contributed by atoms with Gasteiger partial charge in [-0.1, -0.05) is 6.58 Å². The molecule has 1 heterocycles. The van der Waals surface area contributed by atoms with E-state index in [4.69, 9.17) is 10.2 Å². The zero-order chi connectivity index (χ0) is 15.8. The second-order valence-electron chi connectivity index (χ2n) is 5.18. The molecule has 0 radical (unpaired) electrons. The third-order valence-electron chi connectivity index (χ3n) is 3.32. The number of rotatable bonds is 6. The lowest BCUT2D eigenvalue weighted by molar-refractivity contribution is -0.140. The molecule has 0 atom stereocenters. The van der Waals surface area contributed by atoms with E-state index in [9.17, 15) is 14.7 Å². The number of carboxylic acid groups (broad SMARTS) is 2. The van der Waals surface area contributed by atoms with Gasteiger partial charge in [0.2, 0.25) is 0 Å². The Kier molecular flexibility index (Phi) is 7.13.